The van der Waals surface area contributed by atoms with E-state index in [1.54, 1.807) is 56.3 Å². The summed E-state index contributed by atoms with van der Waals surface area (Å²) in [6, 6.07) is 11.5. The first kappa shape index (κ1) is 30.5. The molecule has 3 rings (SSSR count). The molecule has 2 atom stereocenters. The van der Waals surface area contributed by atoms with Gasteiger partial charge in [0.25, 0.3) is 0 Å². The van der Waals surface area contributed by atoms with Crippen LogP contribution in [0.5, 0.6) is 0 Å². The molecule has 3 aromatic rings. The second kappa shape index (κ2) is 14.4. The van der Waals surface area contributed by atoms with Gasteiger partial charge in [-0.2, -0.15) is 4.80 Å². The minimum atomic E-state index is -1.42. The Morgan fingerprint density at radius 3 is 2.30 bits per heavy atom. The second-order valence-electron chi connectivity index (χ2n) is 9.17. The Labute approximate surface area is 240 Å². The largest absolute Gasteiger partial charge is 0.481 e. The minimum Gasteiger partial charge on any atom is -0.481 e. The molecule has 0 saturated heterocycles. The van der Waals surface area contributed by atoms with Gasteiger partial charge >= 0.3 is 12.1 Å². The SMILES string of the molecule is CC(C)C(NC(=O)OCc1ccccc1)C(=O)NC(CC(=O)O)C(=O)Cn1nnc(Cc2c(Cl)cccc2Cl)n1. The summed E-state index contributed by atoms with van der Waals surface area (Å²) in [4.78, 5) is 50.8. The third-order valence-electron chi connectivity index (χ3n) is 5.71. The molecular weight excluding hydrogens is 563 g/mol. The van der Waals surface area contributed by atoms with Gasteiger partial charge in [-0.05, 0) is 34.4 Å². The highest BCUT2D eigenvalue weighted by molar-refractivity contribution is 6.36. The van der Waals surface area contributed by atoms with E-state index >= 15 is 0 Å². The van der Waals surface area contributed by atoms with Gasteiger partial charge in [0.1, 0.15) is 25.2 Å². The molecule has 2 unspecified atom stereocenters. The van der Waals surface area contributed by atoms with Crippen molar-refractivity contribution in [2.75, 3.05) is 0 Å². The van der Waals surface area contributed by atoms with E-state index in [0.717, 1.165) is 10.4 Å². The fourth-order valence-corrected chi connectivity index (χ4v) is 4.16. The smallest absolute Gasteiger partial charge is 0.408 e. The lowest BCUT2D eigenvalue weighted by atomic mass is 10.0. The molecule has 1 heterocycles. The molecule has 40 heavy (non-hydrogen) atoms. The number of nitrogens with zero attached hydrogens (tertiary/aromatic N) is 4. The summed E-state index contributed by atoms with van der Waals surface area (Å²) in [7, 11) is 0. The molecule has 0 radical (unpaired) electrons. The molecule has 0 aliphatic carbocycles. The van der Waals surface area contributed by atoms with Gasteiger partial charge in [0.15, 0.2) is 11.6 Å². The van der Waals surface area contributed by atoms with E-state index in [4.69, 9.17) is 27.9 Å². The maximum Gasteiger partial charge on any atom is 0.408 e. The van der Waals surface area contributed by atoms with Gasteiger partial charge < -0.3 is 20.5 Å². The van der Waals surface area contributed by atoms with Crippen molar-refractivity contribution in [3.63, 3.8) is 0 Å². The van der Waals surface area contributed by atoms with E-state index in [0.29, 0.717) is 15.6 Å². The Kier molecular flexibility index (Phi) is 11.0. The normalized spacial score (nSPS) is 12.4. The Bertz CT molecular complexity index is 1330. The first-order chi connectivity index (χ1) is 19.0. The lowest BCUT2D eigenvalue weighted by Gasteiger charge is -2.24. The van der Waals surface area contributed by atoms with Crippen LogP contribution in [0, 0.1) is 5.92 Å². The summed E-state index contributed by atoms with van der Waals surface area (Å²) in [5.41, 5.74) is 1.34. The number of hydrogen-bond donors (Lipinski definition) is 3. The molecule has 14 heteroatoms. The van der Waals surface area contributed by atoms with Crippen LogP contribution in [0.1, 0.15) is 37.2 Å². The number of tetrazole rings is 1. The van der Waals surface area contributed by atoms with Gasteiger partial charge in [0.05, 0.1) is 6.42 Å². The number of ether oxygens (including phenoxy) is 1. The van der Waals surface area contributed by atoms with Crippen LogP contribution in [0.15, 0.2) is 48.5 Å². The van der Waals surface area contributed by atoms with E-state index in [1.165, 1.54) is 0 Å². The quantitative estimate of drug-likeness (QED) is 0.271. The highest BCUT2D eigenvalue weighted by Gasteiger charge is 2.31. The number of Topliss-reactive ketones (excluding diaryl/α,β-unsaturated/α-hetero) is 1. The van der Waals surface area contributed by atoms with Crippen molar-refractivity contribution >= 4 is 47.0 Å². The number of carboxylic acid groups (broad SMARTS) is 1. The van der Waals surface area contributed by atoms with Crippen molar-refractivity contribution in [3.8, 4) is 0 Å². The Balaban J connectivity index is 1.63. The van der Waals surface area contributed by atoms with Crippen LogP contribution in [0.2, 0.25) is 10.0 Å². The lowest BCUT2D eigenvalue weighted by Crippen LogP contribution is -2.54. The van der Waals surface area contributed by atoms with Crippen molar-refractivity contribution in [3.05, 3.63) is 75.5 Å². The highest BCUT2D eigenvalue weighted by Crippen LogP contribution is 2.25. The fraction of sp³-hybridized carbons (Fsp3) is 0.346. The zero-order valence-corrected chi connectivity index (χ0v) is 23.2. The summed E-state index contributed by atoms with van der Waals surface area (Å²) >= 11 is 12.4. The van der Waals surface area contributed by atoms with Crippen LogP contribution in [-0.2, 0) is 38.7 Å². The van der Waals surface area contributed by atoms with Gasteiger partial charge in [-0.15, -0.1) is 10.2 Å². The summed E-state index contributed by atoms with van der Waals surface area (Å²) in [5, 5.41) is 26.9. The number of alkyl carbamates (subject to hydrolysis) is 1. The second-order valence-corrected chi connectivity index (χ2v) is 9.98. The van der Waals surface area contributed by atoms with Crippen molar-refractivity contribution in [1.82, 2.24) is 30.8 Å². The molecule has 12 nitrogen and oxygen atoms in total. The number of benzene rings is 2. The molecule has 212 valence electrons. The Morgan fingerprint density at radius 2 is 1.68 bits per heavy atom. The van der Waals surface area contributed by atoms with Gasteiger partial charge in [0, 0.05) is 16.5 Å². The van der Waals surface area contributed by atoms with E-state index in [2.05, 4.69) is 26.0 Å². The predicted molar refractivity (Wildman–Crippen MR) is 145 cm³/mol. The average Bonchev–Trinajstić information content (AvgIpc) is 3.34. The zero-order valence-electron chi connectivity index (χ0n) is 21.7. The number of hydrogen-bond acceptors (Lipinski definition) is 8. The summed E-state index contributed by atoms with van der Waals surface area (Å²) in [5.74, 6) is -2.90. The average molecular weight is 591 g/mol. The summed E-state index contributed by atoms with van der Waals surface area (Å²) < 4.78 is 5.18. The number of aromatic nitrogens is 4. The zero-order chi connectivity index (χ0) is 29.2. The van der Waals surface area contributed by atoms with Crippen LogP contribution >= 0.6 is 23.2 Å². The van der Waals surface area contributed by atoms with Gasteiger partial charge in [-0.1, -0.05) is 73.4 Å². The minimum absolute atomic E-state index is 0.00515. The molecule has 2 amide bonds. The molecule has 0 bridgehead atoms. The predicted octanol–water partition coefficient (Wildman–Crippen LogP) is 3.05. The third kappa shape index (κ3) is 9.02. The van der Waals surface area contributed by atoms with Crippen molar-refractivity contribution in [1.29, 1.82) is 0 Å². The van der Waals surface area contributed by atoms with Crippen molar-refractivity contribution in [2.24, 2.45) is 5.92 Å². The maximum atomic E-state index is 13.0. The van der Waals surface area contributed by atoms with E-state index in [9.17, 15) is 24.3 Å². The van der Waals surface area contributed by atoms with E-state index in [1.807, 2.05) is 6.07 Å². The number of rotatable bonds is 13. The van der Waals surface area contributed by atoms with Crippen LogP contribution in [0.3, 0.4) is 0 Å². The fourth-order valence-electron chi connectivity index (χ4n) is 3.63. The summed E-state index contributed by atoms with van der Waals surface area (Å²) in [6.45, 7) is 2.90. The molecule has 0 fully saturated rings. The number of aliphatic carboxylic acids is 1. The molecule has 3 N–H and O–H groups in total. The molecule has 2 aromatic carbocycles. The number of carbonyl (C=O) groups excluding carboxylic acids is 3. The first-order valence-electron chi connectivity index (χ1n) is 12.2. The van der Waals surface area contributed by atoms with Gasteiger partial charge in [-0.3, -0.25) is 14.4 Å². The molecule has 0 saturated carbocycles. The van der Waals surface area contributed by atoms with Crippen LogP contribution in [0.4, 0.5) is 4.79 Å². The number of nitrogens with one attached hydrogen (secondary N) is 2. The number of carboxylic acids is 1. The highest BCUT2D eigenvalue weighted by atomic mass is 35.5. The van der Waals surface area contributed by atoms with Crippen molar-refractivity contribution in [2.45, 2.75) is 51.9 Å². The third-order valence-corrected chi connectivity index (χ3v) is 6.42. The monoisotopic (exact) mass is 590 g/mol. The summed E-state index contributed by atoms with van der Waals surface area (Å²) in [6.07, 6.45) is -1.37. The van der Waals surface area contributed by atoms with Crippen LogP contribution in [0.25, 0.3) is 0 Å². The van der Waals surface area contributed by atoms with Gasteiger partial charge in [-0.25, -0.2) is 4.79 Å². The molecular formula is C26H28Cl2N6O6. The van der Waals surface area contributed by atoms with E-state index < -0.39 is 54.7 Å². The number of carbonyl (C=O) groups is 4. The molecule has 0 spiro atoms. The van der Waals surface area contributed by atoms with Crippen LogP contribution < -0.4 is 10.6 Å². The van der Waals surface area contributed by atoms with E-state index in [-0.39, 0.29) is 18.9 Å². The number of amides is 2. The van der Waals surface area contributed by atoms with Crippen LogP contribution in [-0.4, -0.2) is 61.2 Å². The molecule has 0 aliphatic heterocycles. The standard InChI is InChI=1S/C26H28Cl2N6O6/c1-15(2)24(30-26(39)40-14-16-7-4-3-5-8-16)25(38)29-20(12-23(36)37)21(35)13-34-32-22(31-33-34)11-17-18(27)9-6-10-19(17)28/h3-10,15,20,24H,11-14H2,1-2H3,(H,29,38)(H,30,39)(H,36,37). The number of ketones is 1. The maximum absolute atomic E-state index is 13.0. The van der Waals surface area contributed by atoms with Crippen molar-refractivity contribution < 1.29 is 29.0 Å². The number of halogens is 2. The topological polar surface area (TPSA) is 165 Å². The Hall–Kier alpha value is -4.03. The molecule has 1 aromatic heterocycles. The lowest BCUT2D eigenvalue weighted by molar-refractivity contribution is -0.140. The first-order valence-corrected chi connectivity index (χ1v) is 13.0. The Morgan fingerprint density at radius 1 is 1.00 bits per heavy atom. The molecule has 0 aliphatic rings. The van der Waals surface area contributed by atoms with Gasteiger partial charge in [0.2, 0.25) is 5.91 Å².